The Balaban J connectivity index is 4.23. The minimum absolute atomic E-state index is 0.155. The van der Waals surface area contributed by atoms with E-state index in [0.717, 1.165) is 6.42 Å². The first-order chi connectivity index (χ1) is 8.86. The van der Waals surface area contributed by atoms with Gasteiger partial charge in [0.2, 0.25) is 5.91 Å². The van der Waals surface area contributed by atoms with Gasteiger partial charge in [-0.2, -0.15) is 0 Å². The van der Waals surface area contributed by atoms with Crippen molar-refractivity contribution in [3.63, 3.8) is 0 Å². The van der Waals surface area contributed by atoms with E-state index in [0.29, 0.717) is 24.0 Å². The summed E-state index contributed by atoms with van der Waals surface area (Å²) in [6.45, 7) is 9.87. The molecule has 5 nitrogen and oxygen atoms in total. The van der Waals surface area contributed by atoms with E-state index in [-0.39, 0.29) is 11.8 Å². The first-order valence-electron chi connectivity index (χ1n) is 6.49. The largest absolute Gasteiger partial charge is 0.393 e. The summed E-state index contributed by atoms with van der Waals surface area (Å²) in [6.07, 6.45) is 2.34. The van der Waals surface area contributed by atoms with E-state index in [1.165, 1.54) is 0 Å². The van der Waals surface area contributed by atoms with Crippen LogP contribution in [0, 0.1) is 11.8 Å². The van der Waals surface area contributed by atoms with Crippen molar-refractivity contribution in [1.29, 1.82) is 0 Å². The fourth-order valence-electron chi connectivity index (χ4n) is 1.72. The highest BCUT2D eigenvalue weighted by molar-refractivity contribution is 7.80. The number of hydrogen-bond acceptors (Lipinski definition) is 3. The van der Waals surface area contributed by atoms with E-state index < -0.39 is 6.10 Å². The lowest BCUT2D eigenvalue weighted by Crippen LogP contribution is -2.49. The number of carbonyl (C=O) groups is 1. The molecule has 0 aromatic heterocycles. The molecule has 0 spiro atoms. The number of rotatable bonds is 7. The summed E-state index contributed by atoms with van der Waals surface area (Å²) in [5, 5.41) is 12.6. The summed E-state index contributed by atoms with van der Waals surface area (Å²) in [6, 6.07) is 0. The predicted molar refractivity (Wildman–Crippen MR) is 81.3 cm³/mol. The van der Waals surface area contributed by atoms with E-state index in [1.54, 1.807) is 13.0 Å². The molecule has 0 aliphatic rings. The summed E-state index contributed by atoms with van der Waals surface area (Å²) in [5.74, 6) is 0.00685. The molecule has 0 bridgehead atoms. The van der Waals surface area contributed by atoms with Gasteiger partial charge in [0.15, 0.2) is 5.11 Å². The van der Waals surface area contributed by atoms with Gasteiger partial charge in [-0.05, 0) is 37.9 Å². The number of aliphatic hydroxyl groups excluding tert-OH is 1. The lowest BCUT2D eigenvalue weighted by Gasteiger charge is -2.20. The Morgan fingerprint density at radius 1 is 1.32 bits per heavy atom. The molecule has 2 atom stereocenters. The lowest BCUT2D eigenvalue weighted by molar-refractivity contribution is -0.127. The molecule has 0 saturated carbocycles. The van der Waals surface area contributed by atoms with Crippen LogP contribution in [-0.4, -0.2) is 28.8 Å². The Morgan fingerprint density at radius 2 is 1.95 bits per heavy atom. The van der Waals surface area contributed by atoms with Crippen LogP contribution in [0.1, 0.15) is 33.6 Å². The predicted octanol–water partition coefficient (Wildman–Crippen LogP) is 1.10. The highest BCUT2D eigenvalue weighted by Gasteiger charge is 2.21. The fourth-order valence-corrected chi connectivity index (χ4v) is 1.85. The Bertz CT molecular complexity index is 296. The third-order valence-corrected chi connectivity index (χ3v) is 2.70. The first-order valence-corrected chi connectivity index (χ1v) is 6.90. The molecule has 0 heterocycles. The third-order valence-electron chi connectivity index (χ3n) is 2.46. The zero-order valence-electron chi connectivity index (χ0n) is 11.9. The highest BCUT2D eigenvalue weighted by Crippen LogP contribution is 2.17. The summed E-state index contributed by atoms with van der Waals surface area (Å²) in [5.41, 5.74) is 5.20. The standard InChI is InChI=1S/C13H25N3O2S/c1-5-6-14-13(19)16-15-12(18)11(7-9(2)3)8-10(4)17/h5,9-11,17H,1,6-8H2,2-4H3,(H,15,18)(H2,14,16,19)/t10-,11+/m0/s1. The Morgan fingerprint density at radius 3 is 2.42 bits per heavy atom. The summed E-state index contributed by atoms with van der Waals surface area (Å²) >= 11 is 4.97. The Hall–Kier alpha value is -1.14. The van der Waals surface area contributed by atoms with Crippen molar-refractivity contribution < 1.29 is 9.90 Å². The van der Waals surface area contributed by atoms with E-state index in [1.807, 2.05) is 13.8 Å². The normalized spacial score (nSPS) is 13.5. The molecule has 0 aromatic carbocycles. The molecule has 6 heteroatoms. The number of thiocarbonyl (C=S) groups is 1. The van der Waals surface area contributed by atoms with Crippen molar-refractivity contribution in [2.75, 3.05) is 6.54 Å². The highest BCUT2D eigenvalue weighted by atomic mass is 32.1. The van der Waals surface area contributed by atoms with Crippen LogP contribution in [0.25, 0.3) is 0 Å². The second kappa shape index (κ2) is 9.75. The minimum Gasteiger partial charge on any atom is -0.393 e. The van der Waals surface area contributed by atoms with Gasteiger partial charge in [0.05, 0.1) is 6.10 Å². The van der Waals surface area contributed by atoms with Crippen LogP contribution in [0.2, 0.25) is 0 Å². The zero-order valence-corrected chi connectivity index (χ0v) is 12.7. The quantitative estimate of drug-likeness (QED) is 0.321. The molecule has 1 amide bonds. The van der Waals surface area contributed by atoms with Crippen molar-refractivity contribution in [2.24, 2.45) is 11.8 Å². The van der Waals surface area contributed by atoms with Crippen LogP contribution in [0.4, 0.5) is 0 Å². The van der Waals surface area contributed by atoms with Crippen molar-refractivity contribution >= 4 is 23.2 Å². The molecular weight excluding hydrogens is 262 g/mol. The maximum atomic E-state index is 12.0. The van der Waals surface area contributed by atoms with Crippen molar-refractivity contribution in [1.82, 2.24) is 16.2 Å². The molecule has 110 valence electrons. The zero-order chi connectivity index (χ0) is 14.8. The van der Waals surface area contributed by atoms with Gasteiger partial charge < -0.3 is 10.4 Å². The fraction of sp³-hybridized carbons (Fsp3) is 0.692. The molecule has 0 aromatic rings. The van der Waals surface area contributed by atoms with Gasteiger partial charge >= 0.3 is 0 Å². The first kappa shape index (κ1) is 17.9. The van der Waals surface area contributed by atoms with Crippen LogP contribution in [0.5, 0.6) is 0 Å². The van der Waals surface area contributed by atoms with Gasteiger partial charge in [0.1, 0.15) is 0 Å². The van der Waals surface area contributed by atoms with E-state index in [2.05, 4.69) is 22.7 Å². The topological polar surface area (TPSA) is 73.4 Å². The summed E-state index contributed by atoms with van der Waals surface area (Å²) < 4.78 is 0. The number of aliphatic hydroxyl groups is 1. The van der Waals surface area contributed by atoms with Crippen LogP contribution in [0.3, 0.4) is 0 Å². The average molecular weight is 287 g/mol. The Kier molecular flexibility index (Phi) is 9.16. The van der Waals surface area contributed by atoms with Gasteiger partial charge in [0.25, 0.3) is 0 Å². The van der Waals surface area contributed by atoms with Gasteiger partial charge in [-0.3, -0.25) is 15.6 Å². The molecule has 19 heavy (non-hydrogen) atoms. The summed E-state index contributed by atoms with van der Waals surface area (Å²) in [4.78, 5) is 12.0. The second-order valence-corrected chi connectivity index (χ2v) is 5.43. The van der Waals surface area contributed by atoms with Crippen LogP contribution >= 0.6 is 12.2 Å². The third kappa shape index (κ3) is 9.44. The van der Waals surface area contributed by atoms with E-state index in [4.69, 9.17) is 12.2 Å². The number of carbonyl (C=O) groups excluding carboxylic acids is 1. The second-order valence-electron chi connectivity index (χ2n) is 5.02. The van der Waals surface area contributed by atoms with Gasteiger partial charge in [-0.15, -0.1) is 6.58 Å². The van der Waals surface area contributed by atoms with Crippen molar-refractivity contribution in [3.8, 4) is 0 Å². The smallest absolute Gasteiger partial charge is 0.241 e. The molecule has 0 aliphatic heterocycles. The molecule has 0 unspecified atom stereocenters. The monoisotopic (exact) mass is 287 g/mol. The number of amides is 1. The van der Waals surface area contributed by atoms with Crippen LogP contribution in [-0.2, 0) is 4.79 Å². The van der Waals surface area contributed by atoms with E-state index >= 15 is 0 Å². The molecular formula is C13H25N3O2S. The molecule has 0 aliphatic carbocycles. The average Bonchev–Trinajstić information content (AvgIpc) is 2.31. The van der Waals surface area contributed by atoms with Gasteiger partial charge in [-0.25, -0.2) is 0 Å². The maximum absolute atomic E-state index is 12.0. The molecule has 4 N–H and O–H groups in total. The van der Waals surface area contributed by atoms with Crippen molar-refractivity contribution in [3.05, 3.63) is 12.7 Å². The van der Waals surface area contributed by atoms with Crippen molar-refractivity contribution in [2.45, 2.75) is 39.7 Å². The van der Waals surface area contributed by atoms with Gasteiger partial charge in [0, 0.05) is 12.5 Å². The molecule has 0 saturated heterocycles. The van der Waals surface area contributed by atoms with E-state index in [9.17, 15) is 9.90 Å². The summed E-state index contributed by atoms with van der Waals surface area (Å²) in [7, 11) is 0. The van der Waals surface area contributed by atoms with Crippen LogP contribution in [0.15, 0.2) is 12.7 Å². The van der Waals surface area contributed by atoms with Gasteiger partial charge in [-0.1, -0.05) is 19.9 Å². The van der Waals surface area contributed by atoms with Crippen LogP contribution < -0.4 is 16.2 Å². The number of nitrogens with one attached hydrogen (secondary N) is 3. The molecule has 0 radical (unpaired) electrons. The SMILES string of the molecule is C=CCNC(=S)NNC(=O)[C@H](CC(C)C)C[C@H](C)O. The Labute approximate surface area is 120 Å². The maximum Gasteiger partial charge on any atom is 0.241 e. The number of hydrazine groups is 1. The molecule has 0 fully saturated rings. The lowest BCUT2D eigenvalue weighted by atomic mass is 9.91. The minimum atomic E-state index is -0.500. The molecule has 0 rings (SSSR count). The number of hydrogen-bond donors (Lipinski definition) is 4.